The lowest BCUT2D eigenvalue weighted by Crippen LogP contribution is -2.03. The van der Waals surface area contributed by atoms with Gasteiger partial charge in [0.25, 0.3) is 0 Å². The van der Waals surface area contributed by atoms with Gasteiger partial charge in [-0.15, -0.1) is 16.4 Å². The van der Waals surface area contributed by atoms with Crippen molar-refractivity contribution in [2.24, 2.45) is 0 Å². The molecule has 0 aliphatic rings. The van der Waals surface area contributed by atoms with Crippen molar-refractivity contribution in [1.29, 1.82) is 0 Å². The molecule has 4 heterocycles. The summed E-state index contributed by atoms with van der Waals surface area (Å²) in [6.07, 6.45) is 1.72. The van der Waals surface area contributed by atoms with E-state index >= 15 is 0 Å². The standard InChI is InChI=1S/C19H15BrN6S/c1-11-16(20)12(2)25(23-11)9-13-3-5-14(6-4-13)17-22-18-15-7-8-27-19(15)21-10-26(18)24-17/h3-8,10H,9H2,1-2H3. The number of halogens is 1. The van der Waals surface area contributed by atoms with Crippen molar-refractivity contribution in [3.63, 3.8) is 0 Å². The van der Waals surface area contributed by atoms with Crippen LogP contribution in [0.15, 0.2) is 46.5 Å². The lowest BCUT2D eigenvalue weighted by molar-refractivity contribution is 0.659. The van der Waals surface area contributed by atoms with E-state index in [0.29, 0.717) is 5.82 Å². The molecule has 0 atom stereocenters. The molecule has 5 aromatic rings. The molecule has 0 saturated heterocycles. The molecule has 0 N–H and O–H groups in total. The van der Waals surface area contributed by atoms with Gasteiger partial charge in [-0.3, -0.25) is 4.68 Å². The topological polar surface area (TPSA) is 60.9 Å². The van der Waals surface area contributed by atoms with Crippen molar-refractivity contribution in [1.82, 2.24) is 29.4 Å². The fraction of sp³-hybridized carbons (Fsp3) is 0.158. The Balaban J connectivity index is 1.47. The molecule has 0 fully saturated rings. The van der Waals surface area contributed by atoms with E-state index in [1.807, 2.05) is 23.1 Å². The third-order valence-electron chi connectivity index (χ3n) is 4.64. The van der Waals surface area contributed by atoms with E-state index in [2.05, 4.69) is 62.3 Å². The average molecular weight is 439 g/mol. The van der Waals surface area contributed by atoms with Crippen molar-refractivity contribution < 1.29 is 0 Å². The normalized spacial score (nSPS) is 11.7. The van der Waals surface area contributed by atoms with E-state index in [1.54, 1.807) is 22.2 Å². The number of rotatable bonds is 3. The monoisotopic (exact) mass is 438 g/mol. The van der Waals surface area contributed by atoms with Gasteiger partial charge in [0.2, 0.25) is 0 Å². The maximum absolute atomic E-state index is 4.72. The predicted molar refractivity (Wildman–Crippen MR) is 110 cm³/mol. The van der Waals surface area contributed by atoms with Crippen LogP contribution in [0.2, 0.25) is 0 Å². The Morgan fingerprint density at radius 1 is 1.07 bits per heavy atom. The molecule has 6 nitrogen and oxygen atoms in total. The minimum Gasteiger partial charge on any atom is -0.264 e. The molecular formula is C19H15BrN6S. The van der Waals surface area contributed by atoms with Gasteiger partial charge in [-0.2, -0.15) is 5.10 Å². The first-order valence-electron chi connectivity index (χ1n) is 8.47. The molecule has 134 valence electrons. The van der Waals surface area contributed by atoms with Crippen LogP contribution in [0, 0.1) is 13.8 Å². The smallest absolute Gasteiger partial charge is 0.182 e. The SMILES string of the molecule is Cc1nn(Cc2ccc(-c3nc4c5ccsc5ncn4n3)cc2)c(C)c1Br. The number of benzene rings is 1. The van der Waals surface area contributed by atoms with Gasteiger partial charge in [-0.1, -0.05) is 24.3 Å². The summed E-state index contributed by atoms with van der Waals surface area (Å²) in [5.74, 6) is 0.705. The van der Waals surface area contributed by atoms with Crippen LogP contribution >= 0.6 is 27.3 Å². The molecule has 8 heteroatoms. The van der Waals surface area contributed by atoms with Crippen molar-refractivity contribution in [2.45, 2.75) is 20.4 Å². The highest BCUT2D eigenvalue weighted by atomic mass is 79.9. The summed E-state index contributed by atoms with van der Waals surface area (Å²) < 4.78 is 4.82. The van der Waals surface area contributed by atoms with Crippen LogP contribution in [0.4, 0.5) is 0 Å². The third-order valence-corrected chi connectivity index (χ3v) is 6.61. The van der Waals surface area contributed by atoms with Gasteiger partial charge in [0, 0.05) is 5.56 Å². The molecule has 0 aliphatic heterocycles. The summed E-state index contributed by atoms with van der Waals surface area (Å²) in [5, 5.41) is 12.2. The summed E-state index contributed by atoms with van der Waals surface area (Å²) >= 11 is 5.19. The average Bonchev–Trinajstić information content (AvgIpc) is 3.37. The summed E-state index contributed by atoms with van der Waals surface area (Å²) in [7, 11) is 0. The van der Waals surface area contributed by atoms with Crippen molar-refractivity contribution in [2.75, 3.05) is 0 Å². The Morgan fingerprint density at radius 2 is 1.89 bits per heavy atom. The summed E-state index contributed by atoms with van der Waals surface area (Å²) in [4.78, 5) is 10.1. The first-order chi connectivity index (χ1) is 13.1. The number of aryl methyl sites for hydroxylation is 1. The number of nitrogens with zero attached hydrogens (tertiary/aromatic N) is 6. The van der Waals surface area contributed by atoms with E-state index in [-0.39, 0.29) is 0 Å². The second-order valence-electron chi connectivity index (χ2n) is 6.43. The number of aromatic nitrogens is 6. The molecule has 0 spiro atoms. The van der Waals surface area contributed by atoms with Gasteiger partial charge >= 0.3 is 0 Å². The number of hydrogen-bond donors (Lipinski definition) is 0. The largest absolute Gasteiger partial charge is 0.264 e. The number of hydrogen-bond acceptors (Lipinski definition) is 5. The van der Waals surface area contributed by atoms with Gasteiger partial charge in [0.1, 0.15) is 11.2 Å². The molecule has 27 heavy (non-hydrogen) atoms. The highest BCUT2D eigenvalue weighted by Crippen LogP contribution is 2.25. The lowest BCUT2D eigenvalue weighted by atomic mass is 10.1. The molecule has 0 radical (unpaired) electrons. The molecule has 1 aromatic carbocycles. The fourth-order valence-corrected chi connectivity index (χ4v) is 4.16. The zero-order valence-corrected chi connectivity index (χ0v) is 17.1. The first kappa shape index (κ1) is 16.6. The minimum atomic E-state index is 0.705. The van der Waals surface area contributed by atoms with Gasteiger partial charge in [0.15, 0.2) is 11.5 Å². The van der Waals surface area contributed by atoms with Crippen LogP contribution in [0.5, 0.6) is 0 Å². The highest BCUT2D eigenvalue weighted by molar-refractivity contribution is 9.10. The second kappa shape index (κ2) is 6.24. The molecule has 5 rings (SSSR count). The molecule has 0 aliphatic carbocycles. The van der Waals surface area contributed by atoms with Crippen molar-refractivity contribution in [3.8, 4) is 11.4 Å². The summed E-state index contributed by atoms with van der Waals surface area (Å²) in [5.41, 5.74) is 5.15. The van der Waals surface area contributed by atoms with Gasteiger partial charge in [-0.05, 0) is 46.8 Å². The van der Waals surface area contributed by atoms with E-state index in [0.717, 1.165) is 43.8 Å². The van der Waals surface area contributed by atoms with Gasteiger partial charge < -0.3 is 0 Å². The van der Waals surface area contributed by atoms with Crippen molar-refractivity contribution >= 4 is 43.1 Å². The van der Waals surface area contributed by atoms with Gasteiger partial charge in [-0.25, -0.2) is 14.5 Å². The Hall–Kier alpha value is -2.58. The summed E-state index contributed by atoms with van der Waals surface area (Å²) in [6, 6.07) is 10.4. The Morgan fingerprint density at radius 3 is 2.63 bits per heavy atom. The molecular weight excluding hydrogens is 424 g/mol. The zero-order chi connectivity index (χ0) is 18.5. The Labute approximate surface area is 167 Å². The number of fused-ring (bicyclic) bond motifs is 3. The quantitative estimate of drug-likeness (QED) is 0.411. The predicted octanol–water partition coefficient (Wildman–Crippen LogP) is 4.63. The summed E-state index contributed by atoms with van der Waals surface area (Å²) in [6.45, 7) is 4.81. The first-order valence-corrected chi connectivity index (χ1v) is 10.1. The zero-order valence-electron chi connectivity index (χ0n) is 14.7. The van der Waals surface area contributed by atoms with Gasteiger partial charge in [0.05, 0.1) is 27.8 Å². The lowest BCUT2D eigenvalue weighted by Gasteiger charge is -2.05. The minimum absolute atomic E-state index is 0.705. The third kappa shape index (κ3) is 2.76. The van der Waals surface area contributed by atoms with Crippen LogP contribution in [0.1, 0.15) is 17.0 Å². The molecule has 0 saturated carbocycles. The molecule has 0 amide bonds. The molecule has 0 unspecified atom stereocenters. The molecule has 0 bridgehead atoms. The van der Waals surface area contributed by atoms with E-state index in [9.17, 15) is 0 Å². The molecule has 4 aromatic heterocycles. The second-order valence-corrected chi connectivity index (χ2v) is 8.11. The van der Waals surface area contributed by atoms with Crippen LogP contribution in [0.25, 0.3) is 27.3 Å². The fourth-order valence-electron chi connectivity index (χ4n) is 3.15. The van der Waals surface area contributed by atoms with E-state index < -0.39 is 0 Å². The van der Waals surface area contributed by atoms with Crippen LogP contribution in [-0.2, 0) is 6.54 Å². The van der Waals surface area contributed by atoms with Crippen LogP contribution in [-0.4, -0.2) is 29.4 Å². The van der Waals surface area contributed by atoms with Crippen LogP contribution < -0.4 is 0 Å². The number of thiophene rings is 1. The van der Waals surface area contributed by atoms with E-state index in [4.69, 9.17) is 4.98 Å². The maximum atomic E-state index is 4.72. The van der Waals surface area contributed by atoms with Crippen molar-refractivity contribution in [3.05, 3.63) is 63.5 Å². The highest BCUT2D eigenvalue weighted by Gasteiger charge is 2.12. The Bertz CT molecular complexity index is 1280. The van der Waals surface area contributed by atoms with E-state index in [1.165, 1.54) is 5.56 Å². The maximum Gasteiger partial charge on any atom is 0.182 e. The Kier molecular flexibility index (Phi) is 3.84. The van der Waals surface area contributed by atoms with Crippen LogP contribution in [0.3, 0.4) is 0 Å².